The Morgan fingerprint density at radius 3 is 2.67 bits per heavy atom. The molecular formula is C15H30N2O. The van der Waals surface area contributed by atoms with E-state index in [1.54, 1.807) is 0 Å². The SMILES string of the molecule is CC1(C)CCC(CN2CCCCC2CCO)C1N. The zero-order valence-electron chi connectivity index (χ0n) is 12.1. The van der Waals surface area contributed by atoms with Crippen LogP contribution >= 0.6 is 0 Å². The summed E-state index contributed by atoms with van der Waals surface area (Å²) < 4.78 is 0. The van der Waals surface area contributed by atoms with E-state index in [1.165, 1.54) is 38.6 Å². The van der Waals surface area contributed by atoms with Gasteiger partial charge in [0.1, 0.15) is 0 Å². The summed E-state index contributed by atoms with van der Waals surface area (Å²) in [6.07, 6.45) is 7.36. The number of nitrogens with zero attached hydrogens (tertiary/aromatic N) is 1. The molecule has 0 amide bonds. The number of rotatable bonds is 4. The maximum Gasteiger partial charge on any atom is 0.0445 e. The third-order valence-corrected chi connectivity index (χ3v) is 5.25. The minimum Gasteiger partial charge on any atom is -0.396 e. The average Bonchev–Trinajstić information content (AvgIpc) is 2.59. The second-order valence-corrected chi connectivity index (χ2v) is 6.97. The first-order valence-corrected chi connectivity index (χ1v) is 7.65. The summed E-state index contributed by atoms with van der Waals surface area (Å²) in [7, 11) is 0. The molecule has 3 heteroatoms. The maximum atomic E-state index is 9.18. The van der Waals surface area contributed by atoms with Crippen molar-refractivity contribution in [3.63, 3.8) is 0 Å². The summed E-state index contributed by atoms with van der Waals surface area (Å²) in [6.45, 7) is 7.28. The number of piperidine rings is 1. The highest BCUT2D eigenvalue weighted by atomic mass is 16.3. The first-order valence-electron chi connectivity index (χ1n) is 7.65. The van der Waals surface area contributed by atoms with Crippen LogP contribution in [-0.4, -0.2) is 41.8 Å². The predicted octanol–water partition coefficient (Wildman–Crippen LogP) is 1.99. The van der Waals surface area contributed by atoms with Gasteiger partial charge < -0.3 is 10.8 Å². The van der Waals surface area contributed by atoms with E-state index in [0.29, 0.717) is 30.0 Å². The van der Waals surface area contributed by atoms with Gasteiger partial charge in [0.15, 0.2) is 0 Å². The van der Waals surface area contributed by atoms with Gasteiger partial charge in [-0.15, -0.1) is 0 Å². The lowest BCUT2D eigenvalue weighted by Crippen LogP contribution is -2.47. The molecule has 1 aliphatic carbocycles. The van der Waals surface area contributed by atoms with E-state index < -0.39 is 0 Å². The van der Waals surface area contributed by atoms with E-state index in [2.05, 4.69) is 18.7 Å². The van der Waals surface area contributed by atoms with Gasteiger partial charge in [-0.25, -0.2) is 0 Å². The van der Waals surface area contributed by atoms with Gasteiger partial charge in [0.05, 0.1) is 0 Å². The summed E-state index contributed by atoms with van der Waals surface area (Å²) in [5.41, 5.74) is 6.73. The fraction of sp³-hybridized carbons (Fsp3) is 1.00. The minimum absolute atomic E-state index is 0.312. The van der Waals surface area contributed by atoms with Crippen molar-refractivity contribution in [1.29, 1.82) is 0 Å². The van der Waals surface area contributed by atoms with Crippen LogP contribution in [0.25, 0.3) is 0 Å². The topological polar surface area (TPSA) is 49.5 Å². The van der Waals surface area contributed by atoms with Crippen LogP contribution in [0, 0.1) is 11.3 Å². The fourth-order valence-corrected chi connectivity index (χ4v) is 3.82. The molecular weight excluding hydrogens is 224 g/mol. The number of aliphatic hydroxyl groups is 1. The second kappa shape index (κ2) is 5.89. The molecule has 2 fully saturated rings. The summed E-state index contributed by atoms with van der Waals surface area (Å²) >= 11 is 0. The first-order chi connectivity index (χ1) is 8.54. The highest BCUT2D eigenvalue weighted by molar-refractivity contribution is 4.96. The van der Waals surface area contributed by atoms with Crippen LogP contribution in [-0.2, 0) is 0 Å². The average molecular weight is 254 g/mol. The lowest BCUT2D eigenvalue weighted by molar-refractivity contribution is 0.0958. The van der Waals surface area contributed by atoms with Gasteiger partial charge in [-0.05, 0) is 50.0 Å². The minimum atomic E-state index is 0.312. The van der Waals surface area contributed by atoms with Crippen molar-refractivity contribution in [2.75, 3.05) is 19.7 Å². The van der Waals surface area contributed by atoms with Crippen LogP contribution in [0.3, 0.4) is 0 Å². The van der Waals surface area contributed by atoms with Gasteiger partial charge >= 0.3 is 0 Å². The summed E-state index contributed by atoms with van der Waals surface area (Å²) in [5, 5.41) is 9.18. The molecule has 1 heterocycles. The van der Waals surface area contributed by atoms with Crippen molar-refractivity contribution in [1.82, 2.24) is 4.90 Å². The lowest BCUT2D eigenvalue weighted by Gasteiger charge is -2.38. The molecule has 3 atom stereocenters. The Balaban J connectivity index is 1.91. The number of aliphatic hydroxyl groups excluding tert-OH is 1. The van der Waals surface area contributed by atoms with Crippen molar-refractivity contribution in [2.45, 2.75) is 64.5 Å². The van der Waals surface area contributed by atoms with Gasteiger partial charge in [0.25, 0.3) is 0 Å². The third-order valence-electron chi connectivity index (χ3n) is 5.25. The van der Waals surface area contributed by atoms with Crippen LogP contribution in [0.2, 0.25) is 0 Å². The molecule has 0 spiro atoms. The highest BCUT2D eigenvalue weighted by Crippen LogP contribution is 2.40. The maximum absolute atomic E-state index is 9.18. The number of hydrogen-bond donors (Lipinski definition) is 2. The number of likely N-dealkylation sites (tertiary alicyclic amines) is 1. The van der Waals surface area contributed by atoms with E-state index in [9.17, 15) is 5.11 Å². The van der Waals surface area contributed by atoms with Crippen LogP contribution < -0.4 is 5.73 Å². The normalized spacial score (nSPS) is 37.0. The Labute approximate surface area is 112 Å². The van der Waals surface area contributed by atoms with E-state index >= 15 is 0 Å². The molecule has 0 aromatic carbocycles. The standard InChI is InChI=1S/C15H30N2O/c1-15(2)8-6-12(14(15)16)11-17-9-4-3-5-13(17)7-10-18/h12-14,18H,3-11,16H2,1-2H3. The van der Waals surface area contributed by atoms with Crippen LogP contribution in [0.1, 0.15) is 52.4 Å². The predicted molar refractivity (Wildman–Crippen MR) is 75.4 cm³/mol. The quantitative estimate of drug-likeness (QED) is 0.806. The summed E-state index contributed by atoms with van der Waals surface area (Å²) in [5.74, 6) is 0.652. The molecule has 2 rings (SSSR count). The van der Waals surface area contributed by atoms with E-state index in [0.717, 1.165) is 13.0 Å². The molecule has 0 aromatic rings. The molecule has 1 saturated heterocycles. The van der Waals surface area contributed by atoms with Crippen LogP contribution in [0.5, 0.6) is 0 Å². The van der Waals surface area contributed by atoms with Gasteiger partial charge in [-0.3, -0.25) is 4.90 Å². The van der Waals surface area contributed by atoms with Crippen molar-refractivity contribution < 1.29 is 5.11 Å². The number of hydrogen-bond acceptors (Lipinski definition) is 3. The molecule has 0 bridgehead atoms. The Morgan fingerprint density at radius 2 is 2.06 bits per heavy atom. The molecule has 3 nitrogen and oxygen atoms in total. The Hall–Kier alpha value is -0.120. The Morgan fingerprint density at radius 1 is 1.28 bits per heavy atom. The lowest BCUT2D eigenvalue weighted by atomic mass is 9.85. The molecule has 2 aliphatic rings. The smallest absolute Gasteiger partial charge is 0.0445 e. The van der Waals surface area contributed by atoms with Crippen LogP contribution in [0.4, 0.5) is 0 Å². The molecule has 1 saturated carbocycles. The molecule has 106 valence electrons. The summed E-state index contributed by atoms with van der Waals surface area (Å²) in [4.78, 5) is 2.60. The molecule has 1 aliphatic heterocycles. The Bertz CT molecular complexity index is 265. The zero-order chi connectivity index (χ0) is 13.2. The summed E-state index contributed by atoms with van der Waals surface area (Å²) in [6, 6.07) is 0.939. The van der Waals surface area contributed by atoms with E-state index in [1.807, 2.05) is 0 Å². The van der Waals surface area contributed by atoms with Crippen molar-refractivity contribution in [3.8, 4) is 0 Å². The molecule has 0 radical (unpaired) electrons. The zero-order valence-corrected chi connectivity index (χ0v) is 12.1. The van der Waals surface area contributed by atoms with E-state index in [4.69, 9.17) is 5.73 Å². The van der Waals surface area contributed by atoms with Gasteiger partial charge in [0, 0.05) is 25.2 Å². The Kier molecular flexibility index (Phi) is 4.68. The monoisotopic (exact) mass is 254 g/mol. The molecule has 3 unspecified atom stereocenters. The molecule has 0 aromatic heterocycles. The molecule has 18 heavy (non-hydrogen) atoms. The van der Waals surface area contributed by atoms with Gasteiger partial charge in [0.2, 0.25) is 0 Å². The van der Waals surface area contributed by atoms with Crippen molar-refractivity contribution >= 4 is 0 Å². The van der Waals surface area contributed by atoms with E-state index in [-0.39, 0.29) is 0 Å². The second-order valence-electron chi connectivity index (χ2n) is 6.97. The highest BCUT2D eigenvalue weighted by Gasteiger charge is 2.40. The molecule has 3 N–H and O–H groups in total. The number of nitrogens with two attached hydrogens (primary N) is 1. The van der Waals surface area contributed by atoms with Gasteiger partial charge in [-0.2, -0.15) is 0 Å². The van der Waals surface area contributed by atoms with Crippen molar-refractivity contribution in [2.24, 2.45) is 17.1 Å². The third kappa shape index (κ3) is 3.06. The fourth-order valence-electron chi connectivity index (χ4n) is 3.82. The van der Waals surface area contributed by atoms with Crippen molar-refractivity contribution in [3.05, 3.63) is 0 Å². The largest absolute Gasteiger partial charge is 0.396 e. The van der Waals surface area contributed by atoms with Gasteiger partial charge in [-0.1, -0.05) is 20.3 Å². The first kappa shape index (κ1) is 14.3. The van der Waals surface area contributed by atoms with Crippen LogP contribution in [0.15, 0.2) is 0 Å².